The maximum absolute atomic E-state index is 11.6. The second-order valence-corrected chi connectivity index (χ2v) is 5.69. The Bertz CT molecular complexity index is 490. The van der Waals surface area contributed by atoms with Crippen LogP contribution in [0.25, 0.3) is 0 Å². The van der Waals surface area contributed by atoms with Gasteiger partial charge < -0.3 is 15.3 Å². The van der Waals surface area contributed by atoms with Crippen LogP contribution in [-0.4, -0.2) is 41.0 Å². The summed E-state index contributed by atoms with van der Waals surface area (Å²) in [6.07, 6.45) is 0.913. The Morgan fingerprint density at radius 3 is 2.62 bits per heavy atom. The summed E-state index contributed by atoms with van der Waals surface area (Å²) in [5, 5.41) is 12.4. The molecule has 2 N–H and O–H groups in total. The molecular weight excluding hydrogens is 268 g/mol. The standard InChI is InChI=1S/C16H22N2O3/c1-12(19)18-10-14(8-16(20)21)7-15(11-18)17-9-13-5-3-2-4-6-13/h2-6,14-15,17H,7-11H2,1H3,(H,20,21). The molecule has 21 heavy (non-hydrogen) atoms. The third-order valence-corrected chi connectivity index (χ3v) is 3.88. The van der Waals surface area contributed by atoms with E-state index in [0.29, 0.717) is 13.1 Å². The number of aliphatic carboxylic acids is 1. The highest BCUT2D eigenvalue weighted by molar-refractivity contribution is 5.73. The average molecular weight is 290 g/mol. The molecule has 1 heterocycles. The second-order valence-electron chi connectivity index (χ2n) is 5.69. The molecule has 1 aliphatic rings. The van der Waals surface area contributed by atoms with Crippen molar-refractivity contribution in [1.29, 1.82) is 0 Å². The lowest BCUT2D eigenvalue weighted by Gasteiger charge is -2.37. The molecule has 0 bridgehead atoms. The van der Waals surface area contributed by atoms with E-state index in [9.17, 15) is 9.59 Å². The Hall–Kier alpha value is -1.88. The van der Waals surface area contributed by atoms with Crippen molar-refractivity contribution >= 4 is 11.9 Å². The molecule has 1 aliphatic heterocycles. The average Bonchev–Trinajstić information content (AvgIpc) is 2.45. The van der Waals surface area contributed by atoms with Crippen molar-refractivity contribution in [2.24, 2.45) is 5.92 Å². The topological polar surface area (TPSA) is 69.6 Å². The number of piperidine rings is 1. The first-order valence-corrected chi connectivity index (χ1v) is 7.29. The predicted octanol–water partition coefficient (Wildman–Crippen LogP) is 1.49. The van der Waals surface area contributed by atoms with E-state index < -0.39 is 5.97 Å². The smallest absolute Gasteiger partial charge is 0.303 e. The van der Waals surface area contributed by atoms with E-state index in [0.717, 1.165) is 13.0 Å². The molecule has 1 amide bonds. The Balaban J connectivity index is 1.93. The fourth-order valence-corrected chi connectivity index (χ4v) is 2.86. The summed E-state index contributed by atoms with van der Waals surface area (Å²) in [5.74, 6) is -0.766. The number of nitrogens with zero attached hydrogens (tertiary/aromatic N) is 1. The van der Waals surface area contributed by atoms with Crippen molar-refractivity contribution in [1.82, 2.24) is 10.2 Å². The van der Waals surface area contributed by atoms with Crippen molar-refractivity contribution in [3.63, 3.8) is 0 Å². The molecule has 1 fully saturated rings. The highest BCUT2D eigenvalue weighted by atomic mass is 16.4. The Morgan fingerprint density at radius 2 is 2.00 bits per heavy atom. The molecule has 0 aliphatic carbocycles. The van der Waals surface area contributed by atoms with Gasteiger partial charge >= 0.3 is 5.97 Å². The summed E-state index contributed by atoms with van der Waals surface area (Å²) in [7, 11) is 0. The van der Waals surface area contributed by atoms with E-state index in [1.807, 2.05) is 30.3 Å². The zero-order valence-corrected chi connectivity index (χ0v) is 12.3. The van der Waals surface area contributed by atoms with Crippen molar-refractivity contribution < 1.29 is 14.7 Å². The van der Waals surface area contributed by atoms with Crippen LogP contribution in [0.2, 0.25) is 0 Å². The van der Waals surface area contributed by atoms with Crippen LogP contribution in [0.3, 0.4) is 0 Å². The minimum atomic E-state index is -0.799. The lowest BCUT2D eigenvalue weighted by atomic mass is 9.91. The first kappa shape index (κ1) is 15.5. The van der Waals surface area contributed by atoms with Crippen molar-refractivity contribution in [2.75, 3.05) is 13.1 Å². The number of carboxylic acids is 1. The van der Waals surface area contributed by atoms with Crippen LogP contribution in [0, 0.1) is 5.92 Å². The summed E-state index contributed by atoms with van der Waals surface area (Å²) in [5.41, 5.74) is 1.19. The largest absolute Gasteiger partial charge is 0.481 e. The molecule has 0 saturated carbocycles. The van der Waals surface area contributed by atoms with Crippen molar-refractivity contribution in [3.8, 4) is 0 Å². The van der Waals surface area contributed by atoms with E-state index in [1.54, 1.807) is 4.90 Å². The van der Waals surface area contributed by atoms with Gasteiger partial charge in [-0.15, -0.1) is 0 Å². The second kappa shape index (κ2) is 7.22. The van der Waals surface area contributed by atoms with Gasteiger partial charge in [0.2, 0.25) is 5.91 Å². The number of hydrogen-bond acceptors (Lipinski definition) is 3. The monoisotopic (exact) mass is 290 g/mol. The highest BCUT2D eigenvalue weighted by Gasteiger charge is 2.29. The molecule has 1 saturated heterocycles. The SMILES string of the molecule is CC(=O)N1CC(CC(=O)O)CC(NCc2ccccc2)C1. The number of rotatable bonds is 5. The molecule has 5 nitrogen and oxygen atoms in total. The number of nitrogens with one attached hydrogen (secondary N) is 1. The van der Waals surface area contributed by atoms with Crippen LogP contribution in [0.1, 0.15) is 25.3 Å². The molecule has 0 radical (unpaired) electrons. The zero-order chi connectivity index (χ0) is 15.2. The molecule has 2 atom stereocenters. The van der Waals surface area contributed by atoms with Gasteiger partial charge in [-0.2, -0.15) is 0 Å². The summed E-state index contributed by atoms with van der Waals surface area (Å²) < 4.78 is 0. The number of carboxylic acid groups (broad SMARTS) is 1. The minimum Gasteiger partial charge on any atom is -0.481 e. The molecule has 2 rings (SSSR count). The van der Waals surface area contributed by atoms with Crippen LogP contribution in [0.5, 0.6) is 0 Å². The number of carbonyl (C=O) groups is 2. The summed E-state index contributed by atoms with van der Waals surface area (Å²) >= 11 is 0. The molecule has 0 aromatic heterocycles. The molecule has 5 heteroatoms. The zero-order valence-electron chi connectivity index (χ0n) is 12.3. The summed E-state index contributed by atoms with van der Waals surface area (Å²) in [6.45, 7) is 3.47. The van der Waals surface area contributed by atoms with Gasteiger partial charge in [0.05, 0.1) is 0 Å². The minimum absolute atomic E-state index is 0.0107. The maximum atomic E-state index is 11.6. The number of benzene rings is 1. The van der Waals surface area contributed by atoms with Crippen molar-refractivity contribution in [3.05, 3.63) is 35.9 Å². The summed E-state index contributed by atoms with van der Waals surface area (Å²) in [4.78, 5) is 24.3. The van der Waals surface area contributed by atoms with Crippen LogP contribution >= 0.6 is 0 Å². The van der Waals surface area contributed by atoms with Gasteiger partial charge in [-0.25, -0.2) is 0 Å². The molecule has 2 unspecified atom stereocenters. The normalized spacial score (nSPS) is 22.0. The quantitative estimate of drug-likeness (QED) is 0.862. The van der Waals surface area contributed by atoms with Crippen LogP contribution in [0.4, 0.5) is 0 Å². The third-order valence-electron chi connectivity index (χ3n) is 3.88. The predicted molar refractivity (Wildman–Crippen MR) is 79.7 cm³/mol. The van der Waals surface area contributed by atoms with Gasteiger partial charge in [0.25, 0.3) is 0 Å². The van der Waals surface area contributed by atoms with Crippen molar-refractivity contribution in [2.45, 2.75) is 32.4 Å². The van der Waals surface area contributed by atoms with E-state index >= 15 is 0 Å². The van der Waals surface area contributed by atoms with Gasteiger partial charge in [0, 0.05) is 39.0 Å². The van der Waals surface area contributed by atoms with Crippen LogP contribution < -0.4 is 5.32 Å². The van der Waals surface area contributed by atoms with Gasteiger partial charge in [-0.05, 0) is 17.9 Å². The highest BCUT2D eigenvalue weighted by Crippen LogP contribution is 2.20. The van der Waals surface area contributed by atoms with Crippen LogP contribution in [0.15, 0.2) is 30.3 Å². The lowest BCUT2D eigenvalue weighted by Crippen LogP contribution is -2.50. The van der Waals surface area contributed by atoms with E-state index in [-0.39, 0.29) is 24.3 Å². The van der Waals surface area contributed by atoms with Crippen LogP contribution in [-0.2, 0) is 16.1 Å². The fraction of sp³-hybridized carbons (Fsp3) is 0.500. The first-order valence-electron chi connectivity index (χ1n) is 7.29. The molecule has 1 aromatic rings. The Morgan fingerprint density at radius 1 is 1.29 bits per heavy atom. The Kier molecular flexibility index (Phi) is 5.33. The molecule has 0 spiro atoms. The summed E-state index contributed by atoms with van der Waals surface area (Å²) in [6, 6.07) is 10.2. The number of hydrogen-bond donors (Lipinski definition) is 2. The number of amides is 1. The first-order chi connectivity index (χ1) is 10.0. The van der Waals surface area contributed by atoms with Gasteiger partial charge in [0.1, 0.15) is 0 Å². The molecular formula is C16H22N2O3. The fourth-order valence-electron chi connectivity index (χ4n) is 2.86. The lowest BCUT2D eigenvalue weighted by molar-refractivity contribution is -0.140. The van der Waals surface area contributed by atoms with Gasteiger partial charge in [0.15, 0.2) is 0 Å². The van der Waals surface area contributed by atoms with E-state index in [4.69, 9.17) is 5.11 Å². The Labute approximate surface area is 125 Å². The van der Waals surface area contributed by atoms with Gasteiger partial charge in [-0.3, -0.25) is 9.59 Å². The van der Waals surface area contributed by atoms with E-state index in [2.05, 4.69) is 5.32 Å². The maximum Gasteiger partial charge on any atom is 0.303 e. The number of likely N-dealkylation sites (tertiary alicyclic amines) is 1. The van der Waals surface area contributed by atoms with E-state index in [1.165, 1.54) is 12.5 Å². The molecule has 114 valence electrons. The number of carbonyl (C=O) groups excluding carboxylic acids is 1. The third kappa shape index (κ3) is 4.86. The van der Waals surface area contributed by atoms with Gasteiger partial charge in [-0.1, -0.05) is 30.3 Å². The molecule has 1 aromatic carbocycles.